The van der Waals surface area contributed by atoms with Crippen LogP contribution in [0.5, 0.6) is 0 Å². The fourth-order valence-corrected chi connectivity index (χ4v) is 3.85. The molecule has 1 aliphatic heterocycles. The highest BCUT2D eigenvalue weighted by atomic mass is 32.2. The number of hydrogen-bond donors (Lipinski definition) is 2. The monoisotopic (exact) mass is 379 g/mol. The molecule has 3 rings (SSSR count). The fourth-order valence-electron chi connectivity index (χ4n) is 3.25. The number of rotatable bonds is 6. The van der Waals surface area contributed by atoms with Gasteiger partial charge in [0, 0.05) is 31.5 Å². The second-order valence-corrected chi connectivity index (χ2v) is 8.87. The van der Waals surface area contributed by atoms with E-state index in [2.05, 4.69) is 10.0 Å². The van der Waals surface area contributed by atoms with Crippen LogP contribution < -0.4 is 10.0 Å². The molecule has 1 saturated carbocycles. The number of carbonyl (C=O) groups is 2. The minimum atomic E-state index is -3.38. The number of likely N-dealkylation sites (tertiary alicyclic amines) is 1. The lowest BCUT2D eigenvalue weighted by Crippen LogP contribution is -2.43. The molecule has 0 bridgehead atoms. The molecule has 0 unspecified atom stereocenters. The van der Waals surface area contributed by atoms with Gasteiger partial charge in [-0.1, -0.05) is 18.2 Å². The molecular weight excluding hydrogens is 354 g/mol. The number of hydrogen-bond acceptors (Lipinski definition) is 4. The number of benzene rings is 1. The minimum Gasteiger partial charge on any atom is -0.352 e. The molecule has 8 heteroatoms. The third-order valence-corrected chi connectivity index (χ3v) is 5.46. The summed E-state index contributed by atoms with van der Waals surface area (Å²) >= 11 is 0. The van der Waals surface area contributed by atoms with Gasteiger partial charge in [-0.3, -0.25) is 14.3 Å². The lowest BCUT2D eigenvalue weighted by molar-refractivity contribution is -0.136. The van der Waals surface area contributed by atoms with E-state index in [1.165, 1.54) is 0 Å². The van der Waals surface area contributed by atoms with Gasteiger partial charge < -0.3 is 10.2 Å². The van der Waals surface area contributed by atoms with Crippen molar-refractivity contribution in [3.8, 4) is 0 Å². The number of sulfonamides is 1. The second kappa shape index (κ2) is 7.65. The van der Waals surface area contributed by atoms with E-state index in [4.69, 9.17) is 0 Å². The maximum atomic E-state index is 12.4. The Morgan fingerprint density at radius 1 is 1.08 bits per heavy atom. The average Bonchev–Trinajstić information content (AvgIpc) is 3.44. The summed E-state index contributed by atoms with van der Waals surface area (Å²) in [5.41, 5.74) is 1.19. The van der Waals surface area contributed by atoms with E-state index in [0.717, 1.165) is 19.1 Å². The molecule has 1 aliphatic carbocycles. The van der Waals surface area contributed by atoms with Gasteiger partial charge in [-0.15, -0.1) is 0 Å². The van der Waals surface area contributed by atoms with E-state index in [-0.39, 0.29) is 30.2 Å². The van der Waals surface area contributed by atoms with Crippen molar-refractivity contribution >= 4 is 27.5 Å². The maximum absolute atomic E-state index is 12.4. The molecule has 0 radical (unpaired) electrons. The van der Waals surface area contributed by atoms with Gasteiger partial charge in [0.1, 0.15) is 0 Å². The Morgan fingerprint density at radius 3 is 2.35 bits per heavy atom. The van der Waals surface area contributed by atoms with Crippen molar-refractivity contribution in [2.75, 3.05) is 24.1 Å². The molecule has 1 saturated heterocycles. The summed E-state index contributed by atoms with van der Waals surface area (Å²) in [6, 6.07) is 7.00. The van der Waals surface area contributed by atoms with Crippen LogP contribution >= 0.6 is 0 Å². The van der Waals surface area contributed by atoms with Crippen LogP contribution in [0.1, 0.15) is 31.2 Å². The molecule has 2 N–H and O–H groups in total. The maximum Gasteiger partial charge on any atom is 0.229 e. The standard InChI is InChI=1S/C18H25N3O4S/c1-26(24,25)20-16-5-3-2-4-15(16)12-19-17(22)13-8-10-21(11-9-13)18(23)14-6-7-14/h2-5,13-14,20H,6-12H2,1H3,(H,19,22). The molecule has 1 aromatic rings. The summed E-state index contributed by atoms with van der Waals surface area (Å²) in [6.45, 7) is 1.54. The van der Waals surface area contributed by atoms with E-state index in [1.807, 2.05) is 4.90 Å². The van der Waals surface area contributed by atoms with E-state index in [0.29, 0.717) is 37.2 Å². The number of nitrogens with one attached hydrogen (secondary N) is 2. The Hall–Kier alpha value is -2.09. The van der Waals surface area contributed by atoms with Gasteiger partial charge in [-0.25, -0.2) is 8.42 Å². The molecule has 7 nitrogen and oxygen atoms in total. The van der Waals surface area contributed by atoms with Gasteiger partial charge >= 0.3 is 0 Å². The van der Waals surface area contributed by atoms with Crippen LogP contribution in [0.2, 0.25) is 0 Å². The van der Waals surface area contributed by atoms with Crippen LogP contribution in [0.3, 0.4) is 0 Å². The second-order valence-electron chi connectivity index (χ2n) is 7.12. The third-order valence-electron chi connectivity index (χ3n) is 4.87. The van der Waals surface area contributed by atoms with Crippen LogP contribution in [0.25, 0.3) is 0 Å². The molecule has 2 aliphatic rings. The molecule has 2 fully saturated rings. The Balaban J connectivity index is 1.51. The van der Waals surface area contributed by atoms with Crippen LogP contribution in [-0.4, -0.2) is 44.5 Å². The highest BCUT2D eigenvalue weighted by Gasteiger charge is 2.35. The van der Waals surface area contributed by atoms with Crippen molar-refractivity contribution in [1.82, 2.24) is 10.2 Å². The minimum absolute atomic E-state index is 0.0438. The predicted octanol–water partition coefficient (Wildman–Crippen LogP) is 1.32. The smallest absolute Gasteiger partial charge is 0.229 e. The first-order valence-electron chi connectivity index (χ1n) is 8.95. The topological polar surface area (TPSA) is 95.6 Å². The van der Waals surface area contributed by atoms with Crippen molar-refractivity contribution in [2.24, 2.45) is 11.8 Å². The predicted molar refractivity (Wildman–Crippen MR) is 98.8 cm³/mol. The van der Waals surface area contributed by atoms with Gasteiger partial charge in [0.2, 0.25) is 21.8 Å². The highest BCUT2D eigenvalue weighted by molar-refractivity contribution is 7.92. The molecule has 0 spiro atoms. The Bertz CT molecular complexity index is 781. The molecule has 1 heterocycles. The van der Waals surface area contributed by atoms with E-state index < -0.39 is 10.0 Å². The molecule has 142 valence electrons. The zero-order valence-corrected chi connectivity index (χ0v) is 15.7. The summed E-state index contributed by atoms with van der Waals surface area (Å²) in [4.78, 5) is 26.4. The van der Waals surface area contributed by atoms with Gasteiger partial charge in [0.25, 0.3) is 0 Å². The van der Waals surface area contributed by atoms with Crippen LogP contribution in [0.15, 0.2) is 24.3 Å². The average molecular weight is 379 g/mol. The fraction of sp³-hybridized carbons (Fsp3) is 0.556. The number of para-hydroxylation sites is 1. The number of carbonyl (C=O) groups excluding carboxylic acids is 2. The van der Waals surface area contributed by atoms with Crippen molar-refractivity contribution < 1.29 is 18.0 Å². The van der Waals surface area contributed by atoms with E-state index in [9.17, 15) is 18.0 Å². The number of amides is 2. The Labute approximate surface area is 154 Å². The van der Waals surface area contributed by atoms with Gasteiger partial charge in [-0.2, -0.15) is 0 Å². The first-order chi connectivity index (χ1) is 12.3. The quantitative estimate of drug-likeness (QED) is 0.779. The molecular formula is C18H25N3O4S. The largest absolute Gasteiger partial charge is 0.352 e. The van der Waals surface area contributed by atoms with Gasteiger partial charge in [-0.05, 0) is 37.3 Å². The number of anilines is 1. The molecule has 1 aromatic carbocycles. The van der Waals surface area contributed by atoms with Crippen LogP contribution in [0.4, 0.5) is 5.69 Å². The molecule has 0 atom stereocenters. The normalized spacial score (nSPS) is 18.4. The molecule has 2 amide bonds. The summed E-state index contributed by atoms with van der Waals surface area (Å²) < 4.78 is 25.4. The number of piperidine rings is 1. The summed E-state index contributed by atoms with van der Waals surface area (Å²) in [5, 5.41) is 2.90. The van der Waals surface area contributed by atoms with E-state index >= 15 is 0 Å². The molecule has 26 heavy (non-hydrogen) atoms. The van der Waals surface area contributed by atoms with Crippen molar-refractivity contribution in [3.05, 3.63) is 29.8 Å². The first-order valence-corrected chi connectivity index (χ1v) is 10.8. The van der Waals surface area contributed by atoms with Gasteiger partial charge in [0.05, 0.1) is 11.9 Å². The van der Waals surface area contributed by atoms with Gasteiger partial charge in [0.15, 0.2) is 0 Å². The van der Waals surface area contributed by atoms with Crippen molar-refractivity contribution in [3.63, 3.8) is 0 Å². The Morgan fingerprint density at radius 2 is 1.73 bits per heavy atom. The van der Waals surface area contributed by atoms with Crippen molar-refractivity contribution in [2.45, 2.75) is 32.2 Å². The van der Waals surface area contributed by atoms with Crippen LogP contribution in [-0.2, 0) is 26.2 Å². The summed E-state index contributed by atoms with van der Waals surface area (Å²) in [6.07, 6.45) is 4.44. The van der Waals surface area contributed by atoms with Crippen LogP contribution in [0, 0.1) is 11.8 Å². The zero-order valence-electron chi connectivity index (χ0n) is 14.9. The van der Waals surface area contributed by atoms with Crippen molar-refractivity contribution in [1.29, 1.82) is 0 Å². The highest BCUT2D eigenvalue weighted by Crippen LogP contribution is 2.32. The lowest BCUT2D eigenvalue weighted by atomic mass is 9.95. The Kier molecular flexibility index (Phi) is 5.50. The zero-order chi connectivity index (χ0) is 18.7. The lowest BCUT2D eigenvalue weighted by Gasteiger charge is -2.31. The molecule has 0 aromatic heterocycles. The third kappa shape index (κ3) is 4.97. The summed E-state index contributed by atoms with van der Waals surface area (Å²) in [5.74, 6) is 0.315. The van der Waals surface area contributed by atoms with E-state index in [1.54, 1.807) is 24.3 Å². The first kappa shape index (κ1) is 18.7. The number of nitrogens with zero attached hydrogens (tertiary/aromatic N) is 1. The SMILES string of the molecule is CS(=O)(=O)Nc1ccccc1CNC(=O)C1CCN(C(=O)C2CC2)CC1. The summed E-state index contributed by atoms with van der Waals surface area (Å²) in [7, 11) is -3.38.